The molecule has 16 heavy (non-hydrogen) atoms. The zero-order valence-electron chi connectivity index (χ0n) is 10.5. The van der Waals surface area contributed by atoms with Crippen molar-refractivity contribution in [3.05, 3.63) is 0 Å². The molecule has 4 heteroatoms. The second kappa shape index (κ2) is 8.88. The molecule has 1 heterocycles. The lowest BCUT2D eigenvalue weighted by molar-refractivity contribution is -0.131. The lowest BCUT2D eigenvalue weighted by Crippen LogP contribution is -2.39. The SMILES string of the molecule is CCCCCOC1CCN(C(C)=O)CC1.S. The number of likely N-dealkylation sites (tertiary alicyclic amines) is 1. The molecule has 0 unspecified atom stereocenters. The molecule has 0 aliphatic carbocycles. The average molecular weight is 247 g/mol. The van der Waals surface area contributed by atoms with Gasteiger partial charge in [-0.1, -0.05) is 19.8 Å². The van der Waals surface area contributed by atoms with Gasteiger partial charge >= 0.3 is 0 Å². The van der Waals surface area contributed by atoms with E-state index in [1.807, 2.05) is 4.90 Å². The first-order chi connectivity index (χ1) is 7.24. The van der Waals surface area contributed by atoms with Gasteiger partial charge in [0.25, 0.3) is 0 Å². The van der Waals surface area contributed by atoms with E-state index >= 15 is 0 Å². The van der Waals surface area contributed by atoms with Crippen LogP contribution in [0.25, 0.3) is 0 Å². The van der Waals surface area contributed by atoms with E-state index in [1.165, 1.54) is 19.3 Å². The van der Waals surface area contributed by atoms with E-state index in [0.29, 0.717) is 6.10 Å². The highest BCUT2D eigenvalue weighted by atomic mass is 32.1. The molecule has 0 saturated carbocycles. The van der Waals surface area contributed by atoms with Crippen LogP contribution >= 0.6 is 13.5 Å². The topological polar surface area (TPSA) is 29.5 Å². The van der Waals surface area contributed by atoms with Gasteiger partial charge in [-0.3, -0.25) is 4.79 Å². The number of nitrogens with zero attached hydrogens (tertiary/aromatic N) is 1. The number of hydrogen-bond donors (Lipinski definition) is 0. The molecule has 1 fully saturated rings. The Balaban J connectivity index is 0.00000225. The molecule has 3 nitrogen and oxygen atoms in total. The number of carbonyl (C=O) groups is 1. The molecule has 1 rings (SSSR count). The summed E-state index contributed by atoms with van der Waals surface area (Å²) in [5.41, 5.74) is 0. The van der Waals surface area contributed by atoms with Crippen LogP contribution in [0, 0.1) is 0 Å². The number of carbonyl (C=O) groups excluding carboxylic acids is 1. The number of piperidine rings is 1. The molecule has 0 bridgehead atoms. The van der Waals surface area contributed by atoms with Crippen molar-refractivity contribution < 1.29 is 9.53 Å². The Bertz CT molecular complexity index is 191. The monoisotopic (exact) mass is 247 g/mol. The van der Waals surface area contributed by atoms with E-state index in [1.54, 1.807) is 6.92 Å². The quantitative estimate of drug-likeness (QED) is 0.698. The lowest BCUT2D eigenvalue weighted by atomic mass is 10.1. The summed E-state index contributed by atoms with van der Waals surface area (Å²) < 4.78 is 5.78. The Morgan fingerprint density at radius 2 is 1.94 bits per heavy atom. The van der Waals surface area contributed by atoms with Crippen LogP contribution in [-0.2, 0) is 9.53 Å². The van der Waals surface area contributed by atoms with Gasteiger partial charge in [-0.15, -0.1) is 0 Å². The van der Waals surface area contributed by atoms with Crippen molar-refractivity contribution in [1.29, 1.82) is 0 Å². The van der Waals surface area contributed by atoms with Gasteiger partial charge < -0.3 is 9.64 Å². The van der Waals surface area contributed by atoms with Crippen LogP contribution in [-0.4, -0.2) is 36.6 Å². The van der Waals surface area contributed by atoms with Gasteiger partial charge in [0.1, 0.15) is 0 Å². The normalized spacial score (nSPS) is 17.0. The summed E-state index contributed by atoms with van der Waals surface area (Å²) in [5.74, 6) is 0.194. The molecule has 1 aliphatic rings. The molecule has 1 aliphatic heterocycles. The third-order valence-corrected chi connectivity index (χ3v) is 2.99. The van der Waals surface area contributed by atoms with E-state index in [9.17, 15) is 4.79 Å². The zero-order chi connectivity index (χ0) is 11.1. The number of unbranched alkanes of at least 4 members (excludes halogenated alkanes) is 2. The van der Waals surface area contributed by atoms with Gasteiger partial charge in [-0.2, -0.15) is 13.5 Å². The first kappa shape index (κ1) is 15.8. The van der Waals surface area contributed by atoms with Gasteiger partial charge in [0.05, 0.1) is 6.10 Å². The maximum atomic E-state index is 11.1. The van der Waals surface area contributed by atoms with Crippen LogP contribution in [0.4, 0.5) is 0 Å². The fourth-order valence-electron chi connectivity index (χ4n) is 1.94. The van der Waals surface area contributed by atoms with Crippen molar-refractivity contribution in [2.24, 2.45) is 0 Å². The predicted molar refractivity (Wildman–Crippen MR) is 71.1 cm³/mol. The van der Waals surface area contributed by atoms with E-state index in [4.69, 9.17) is 4.74 Å². The lowest BCUT2D eigenvalue weighted by Gasteiger charge is -2.31. The molecule has 0 aromatic heterocycles. The average Bonchev–Trinajstić information content (AvgIpc) is 2.25. The highest BCUT2D eigenvalue weighted by molar-refractivity contribution is 7.59. The van der Waals surface area contributed by atoms with Gasteiger partial charge in [0, 0.05) is 26.6 Å². The summed E-state index contributed by atoms with van der Waals surface area (Å²) in [4.78, 5) is 13.0. The molecule has 1 amide bonds. The third kappa shape index (κ3) is 5.75. The molecule has 0 aromatic rings. The maximum absolute atomic E-state index is 11.1. The van der Waals surface area contributed by atoms with Gasteiger partial charge in [-0.25, -0.2) is 0 Å². The molecule has 0 aromatic carbocycles. The molecule has 0 radical (unpaired) electrons. The van der Waals surface area contributed by atoms with E-state index in [-0.39, 0.29) is 19.4 Å². The summed E-state index contributed by atoms with van der Waals surface area (Å²) in [5, 5.41) is 0. The van der Waals surface area contributed by atoms with Crippen LogP contribution in [0.15, 0.2) is 0 Å². The minimum atomic E-state index is 0. The first-order valence-electron chi connectivity index (χ1n) is 6.11. The first-order valence-corrected chi connectivity index (χ1v) is 6.11. The predicted octanol–water partition coefficient (Wildman–Crippen LogP) is 2.32. The largest absolute Gasteiger partial charge is 0.378 e. The molecule has 96 valence electrons. The van der Waals surface area contributed by atoms with Crippen molar-refractivity contribution in [1.82, 2.24) is 4.90 Å². The minimum absolute atomic E-state index is 0. The Morgan fingerprint density at radius 3 is 2.44 bits per heavy atom. The third-order valence-electron chi connectivity index (χ3n) is 2.99. The van der Waals surface area contributed by atoms with Crippen LogP contribution in [0.2, 0.25) is 0 Å². The van der Waals surface area contributed by atoms with Gasteiger partial charge in [0.15, 0.2) is 0 Å². The smallest absolute Gasteiger partial charge is 0.219 e. The molecule has 0 N–H and O–H groups in total. The van der Waals surface area contributed by atoms with Crippen LogP contribution in [0.3, 0.4) is 0 Å². The van der Waals surface area contributed by atoms with Gasteiger partial charge in [0.2, 0.25) is 5.91 Å². The van der Waals surface area contributed by atoms with Crippen LogP contribution in [0.1, 0.15) is 46.0 Å². The highest BCUT2D eigenvalue weighted by Gasteiger charge is 2.20. The number of rotatable bonds is 5. The van der Waals surface area contributed by atoms with E-state index in [0.717, 1.165) is 32.5 Å². The van der Waals surface area contributed by atoms with Crippen LogP contribution < -0.4 is 0 Å². The minimum Gasteiger partial charge on any atom is -0.378 e. The number of ether oxygens (including phenoxy) is 1. The Hall–Kier alpha value is -0.220. The molecule has 0 spiro atoms. The standard InChI is InChI=1S/C12H23NO2.H2S/c1-3-4-5-10-15-12-6-8-13(9-7-12)11(2)14;/h12H,3-10H2,1-2H3;1H2. The summed E-state index contributed by atoms with van der Waals surface area (Å²) in [6, 6.07) is 0. The Labute approximate surface area is 106 Å². The van der Waals surface area contributed by atoms with Crippen LogP contribution in [0.5, 0.6) is 0 Å². The molecule has 1 saturated heterocycles. The summed E-state index contributed by atoms with van der Waals surface area (Å²) >= 11 is 0. The second-order valence-corrected chi connectivity index (χ2v) is 4.28. The van der Waals surface area contributed by atoms with E-state index < -0.39 is 0 Å². The summed E-state index contributed by atoms with van der Waals surface area (Å²) in [6.07, 6.45) is 6.07. The molecular weight excluding hydrogens is 222 g/mol. The second-order valence-electron chi connectivity index (χ2n) is 4.28. The summed E-state index contributed by atoms with van der Waals surface area (Å²) in [7, 11) is 0. The summed E-state index contributed by atoms with van der Waals surface area (Å²) in [6.45, 7) is 6.47. The number of amides is 1. The van der Waals surface area contributed by atoms with Gasteiger partial charge in [-0.05, 0) is 19.3 Å². The Morgan fingerprint density at radius 1 is 1.31 bits per heavy atom. The van der Waals surface area contributed by atoms with Crippen molar-refractivity contribution in [3.8, 4) is 0 Å². The van der Waals surface area contributed by atoms with Crippen molar-refractivity contribution in [3.63, 3.8) is 0 Å². The fraction of sp³-hybridized carbons (Fsp3) is 0.917. The van der Waals surface area contributed by atoms with E-state index in [2.05, 4.69) is 6.92 Å². The Kier molecular flexibility index (Phi) is 8.76. The van der Waals surface area contributed by atoms with Crippen molar-refractivity contribution in [2.45, 2.75) is 52.1 Å². The molecular formula is C12H25NO2S. The maximum Gasteiger partial charge on any atom is 0.219 e. The highest BCUT2D eigenvalue weighted by Crippen LogP contribution is 2.14. The van der Waals surface area contributed by atoms with Crippen molar-refractivity contribution in [2.75, 3.05) is 19.7 Å². The van der Waals surface area contributed by atoms with Crippen molar-refractivity contribution >= 4 is 19.4 Å². The molecule has 0 atom stereocenters. The number of hydrogen-bond acceptors (Lipinski definition) is 2. The fourth-order valence-corrected chi connectivity index (χ4v) is 1.94. The zero-order valence-corrected chi connectivity index (χ0v) is 11.5.